The predicted molar refractivity (Wildman–Crippen MR) is 94.2 cm³/mol. The average Bonchev–Trinajstić information content (AvgIpc) is 2.56. The summed E-state index contributed by atoms with van der Waals surface area (Å²) >= 11 is 0. The molecular weight excluding hydrogens is 346 g/mol. The fraction of sp³-hybridized carbons (Fsp3) is 0.625. The van der Waals surface area contributed by atoms with Crippen molar-refractivity contribution in [3.05, 3.63) is 33.4 Å². The van der Waals surface area contributed by atoms with Crippen molar-refractivity contribution in [2.45, 2.75) is 31.6 Å². The average molecular weight is 371 g/mol. The molecule has 1 heterocycles. The molecule has 1 fully saturated rings. The number of ether oxygens (including phenoxy) is 1. The van der Waals surface area contributed by atoms with Gasteiger partial charge >= 0.3 is 0 Å². The van der Waals surface area contributed by atoms with E-state index in [-0.39, 0.29) is 16.9 Å². The van der Waals surface area contributed by atoms with E-state index in [9.17, 15) is 18.5 Å². The minimum atomic E-state index is -4.01. The number of nitro groups is 1. The summed E-state index contributed by atoms with van der Waals surface area (Å²) in [6, 6.07) is 2.80. The van der Waals surface area contributed by atoms with Crippen LogP contribution >= 0.6 is 0 Å². The van der Waals surface area contributed by atoms with E-state index in [0.717, 1.165) is 25.9 Å². The van der Waals surface area contributed by atoms with E-state index < -0.39 is 20.6 Å². The number of hydrogen-bond acceptors (Lipinski definition) is 6. The van der Waals surface area contributed by atoms with Gasteiger partial charge < -0.3 is 10.1 Å². The molecule has 0 amide bonds. The van der Waals surface area contributed by atoms with Crippen LogP contribution in [0.3, 0.4) is 0 Å². The molecule has 0 spiro atoms. The molecule has 0 saturated carbocycles. The second kappa shape index (κ2) is 7.77. The Morgan fingerprint density at radius 1 is 1.32 bits per heavy atom. The summed E-state index contributed by atoms with van der Waals surface area (Å²) in [6.45, 7) is 5.52. The zero-order chi connectivity index (χ0) is 18.7. The van der Waals surface area contributed by atoms with Crippen molar-refractivity contribution in [1.29, 1.82) is 0 Å². The first-order valence-corrected chi connectivity index (χ1v) is 9.65. The number of rotatable bonds is 7. The van der Waals surface area contributed by atoms with Crippen LogP contribution in [0.4, 0.5) is 5.69 Å². The van der Waals surface area contributed by atoms with Crippen LogP contribution < -0.4 is 10.0 Å². The Hall–Kier alpha value is -1.55. The first-order valence-electron chi connectivity index (χ1n) is 8.16. The number of benzene rings is 1. The Labute approximate surface area is 148 Å². The molecule has 1 aliphatic heterocycles. The van der Waals surface area contributed by atoms with Gasteiger partial charge in [0.15, 0.2) is 4.90 Å². The molecule has 2 N–H and O–H groups in total. The van der Waals surface area contributed by atoms with Crippen molar-refractivity contribution in [1.82, 2.24) is 10.0 Å². The second-order valence-electron chi connectivity index (χ2n) is 6.62. The summed E-state index contributed by atoms with van der Waals surface area (Å²) in [4.78, 5) is 10.4. The fourth-order valence-corrected chi connectivity index (χ4v) is 4.84. The number of methoxy groups -OCH3 is 1. The minimum Gasteiger partial charge on any atom is -0.384 e. The number of hydrogen-bond donors (Lipinski definition) is 2. The smallest absolute Gasteiger partial charge is 0.289 e. The van der Waals surface area contributed by atoms with Crippen LogP contribution in [0.2, 0.25) is 0 Å². The molecule has 0 unspecified atom stereocenters. The van der Waals surface area contributed by atoms with E-state index in [1.165, 1.54) is 6.07 Å². The molecule has 8 nitrogen and oxygen atoms in total. The largest absolute Gasteiger partial charge is 0.384 e. The van der Waals surface area contributed by atoms with Crippen LogP contribution in [-0.4, -0.2) is 46.7 Å². The van der Waals surface area contributed by atoms with Crippen molar-refractivity contribution in [3.63, 3.8) is 0 Å². The zero-order valence-corrected chi connectivity index (χ0v) is 15.6. The highest BCUT2D eigenvalue weighted by Crippen LogP contribution is 2.32. The number of piperidine rings is 1. The zero-order valence-electron chi connectivity index (χ0n) is 14.8. The van der Waals surface area contributed by atoms with Crippen molar-refractivity contribution >= 4 is 15.7 Å². The molecule has 0 atom stereocenters. The highest BCUT2D eigenvalue weighted by atomic mass is 32.2. The van der Waals surface area contributed by atoms with Gasteiger partial charge in [-0.15, -0.1) is 0 Å². The lowest BCUT2D eigenvalue weighted by atomic mass is 9.80. The lowest BCUT2D eigenvalue weighted by Crippen LogP contribution is -2.47. The first kappa shape index (κ1) is 19.8. The van der Waals surface area contributed by atoms with E-state index in [1.54, 1.807) is 27.0 Å². The van der Waals surface area contributed by atoms with Crippen LogP contribution in [0.25, 0.3) is 0 Å². The molecule has 1 aliphatic rings. The van der Waals surface area contributed by atoms with Gasteiger partial charge in [0.1, 0.15) is 0 Å². The van der Waals surface area contributed by atoms with Gasteiger partial charge in [-0.1, -0.05) is 6.07 Å². The fourth-order valence-electron chi connectivity index (χ4n) is 3.21. The predicted octanol–water partition coefficient (Wildman–Crippen LogP) is 1.51. The molecule has 0 aromatic heterocycles. The molecule has 25 heavy (non-hydrogen) atoms. The van der Waals surface area contributed by atoms with E-state index in [2.05, 4.69) is 10.0 Å². The summed E-state index contributed by atoms with van der Waals surface area (Å²) < 4.78 is 33.6. The Balaban J connectivity index is 2.33. The summed E-state index contributed by atoms with van der Waals surface area (Å²) in [6.07, 6.45) is 1.55. The minimum absolute atomic E-state index is 0.190. The molecule has 1 saturated heterocycles. The Morgan fingerprint density at radius 3 is 2.52 bits per heavy atom. The maximum Gasteiger partial charge on any atom is 0.289 e. The Bertz CT molecular complexity index is 737. The SMILES string of the molecule is COCC1(CNS(=O)(=O)c2c([N+](=O)[O-])ccc(C)c2C)CCNCC1. The van der Waals surface area contributed by atoms with Gasteiger partial charge in [0.2, 0.25) is 10.0 Å². The summed E-state index contributed by atoms with van der Waals surface area (Å²) in [5.41, 5.74) is 0.383. The van der Waals surface area contributed by atoms with E-state index in [1.807, 2.05) is 0 Å². The number of nitrogens with one attached hydrogen (secondary N) is 2. The lowest BCUT2D eigenvalue weighted by Gasteiger charge is -2.37. The molecule has 2 rings (SSSR count). The molecular formula is C16H25N3O5S. The second-order valence-corrected chi connectivity index (χ2v) is 8.32. The van der Waals surface area contributed by atoms with Crippen molar-refractivity contribution in [2.24, 2.45) is 5.41 Å². The molecule has 0 radical (unpaired) electrons. The molecule has 1 aromatic carbocycles. The van der Waals surface area contributed by atoms with Crippen LogP contribution in [0.5, 0.6) is 0 Å². The number of sulfonamides is 1. The molecule has 1 aromatic rings. The maximum absolute atomic E-state index is 12.8. The maximum atomic E-state index is 12.8. The van der Waals surface area contributed by atoms with Gasteiger partial charge in [0.05, 0.1) is 11.5 Å². The lowest BCUT2D eigenvalue weighted by molar-refractivity contribution is -0.387. The van der Waals surface area contributed by atoms with Crippen LogP contribution in [-0.2, 0) is 14.8 Å². The van der Waals surface area contributed by atoms with E-state index >= 15 is 0 Å². The van der Waals surface area contributed by atoms with Crippen molar-refractivity contribution < 1.29 is 18.1 Å². The summed E-state index contributed by atoms with van der Waals surface area (Å²) in [5, 5.41) is 14.5. The van der Waals surface area contributed by atoms with Gasteiger partial charge in [0.25, 0.3) is 5.69 Å². The van der Waals surface area contributed by atoms with Crippen molar-refractivity contribution in [2.75, 3.05) is 33.4 Å². The quantitative estimate of drug-likeness (QED) is 0.555. The molecule has 140 valence electrons. The molecule has 0 aliphatic carbocycles. The third kappa shape index (κ3) is 4.35. The standard InChI is InChI=1S/C16H25N3O5S/c1-12-4-5-14(19(20)21)15(13(12)2)25(22,23)18-10-16(11-24-3)6-8-17-9-7-16/h4-5,17-18H,6-11H2,1-3H3. The van der Waals surface area contributed by atoms with Gasteiger partial charge in [0, 0.05) is 25.1 Å². The highest BCUT2D eigenvalue weighted by Gasteiger charge is 2.35. The van der Waals surface area contributed by atoms with E-state index in [4.69, 9.17) is 4.74 Å². The first-order chi connectivity index (χ1) is 11.7. The van der Waals surface area contributed by atoms with Crippen LogP contribution in [0.15, 0.2) is 17.0 Å². The third-order valence-electron chi connectivity index (χ3n) is 4.87. The van der Waals surface area contributed by atoms with Crippen molar-refractivity contribution in [3.8, 4) is 0 Å². The summed E-state index contributed by atoms with van der Waals surface area (Å²) in [7, 11) is -2.42. The monoisotopic (exact) mass is 371 g/mol. The molecule has 9 heteroatoms. The van der Waals surface area contributed by atoms with Gasteiger partial charge in [-0.25, -0.2) is 13.1 Å². The number of nitrogens with zero attached hydrogens (tertiary/aromatic N) is 1. The van der Waals surface area contributed by atoms with Crippen LogP contribution in [0.1, 0.15) is 24.0 Å². The van der Waals surface area contributed by atoms with Gasteiger partial charge in [-0.3, -0.25) is 10.1 Å². The third-order valence-corrected chi connectivity index (χ3v) is 6.45. The normalized spacial score (nSPS) is 17.4. The Kier molecular flexibility index (Phi) is 6.15. The van der Waals surface area contributed by atoms with Gasteiger partial charge in [-0.05, 0) is 50.9 Å². The van der Waals surface area contributed by atoms with E-state index in [0.29, 0.717) is 17.7 Å². The summed E-state index contributed by atoms with van der Waals surface area (Å²) in [5.74, 6) is 0. The van der Waals surface area contributed by atoms with Crippen LogP contribution in [0, 0.1) is 29.4 Å². The topological polar surface area (TPSA) is 111 Å². The number of aryl methyl sites for hydroxylation is 1. The molecule has 0 bridgehead atoms. The Morgan fingerprint density at radius 2 is 1.96 bits per heavy atom. The number of nitro benzene ring substituents is 1. The highest BCUT2D eigenvalue weighted by molar-refractivity contribution is 7.89. The van der Waals surface area contributed by atoms with Gasteiger partial charge in [-0.2, -0.15) is 0 Å².